The van der Waals surface area contributed by atoms with Gasteiger partial charge >= 0.3 is 6.03 Å². The van der Waals surface area contributed by atoms with Crippen molar-refractivity contribution in [2.75, 3.05) is 5.32 Å². The molecule has 2 atom stereocenters. The first kappa shape index (κ1) is 18.7. The molecule has 0 fully saturated rings. The van der Waals surface area contributed by atoms with Crippen molar-refractivity contribution >= 4 is 52.0 Å². The normalized spacial score (nSPS) is 20.1. The van der Waals surface area contributed by atoms with E-state index >= 15 is 0 Å². The van der Waals surface area contributed by atoms with Crippen LogP contribution in [0.2, 0.25) is 10.0 Å². The van der Waals surface area contributed by atoms with Crippen molar-refractivity contribution in [2.24, 2.45) is 11.0 Å². The number of thiophene rings is 1. The van der Waals surface area contributed by atoms with Crippen LogP contribution in [-0.2, 0) is 6.42 Å². The summed E-state index contributed by atoms with van der Waals surface area (Å²) in [5.41, 5.74) is 4.02. The Morgan fingerprint density at radius 1 is 1.10 bits per heavy atom. The van der Waals surface area contributed by atoms with Crippen LogP contribution in [0.15, 0.2) is 65.1 Å². The average molecular weight is 442 g/mol. The van der Waals surface area contributed by atoms with Gasteiger partial charge in [0.1, 0.15) is 0 Å². The fourth-order valence-electron chi connectivity index (χ4n) is 4.12. The number of hydrogen-bond donors (Lipinski definition) is 1. The molecule has 0 spiro atoms. The summed E-state index contributed by atoms with van der Waals surface area (Å²) < 4.78 is 0. The number of carbonyl (C=O) groups excluding carboxylic acids is 1. The highest BCUT2D eigenvalue weighted by Crippen LogP contribution is 2.44. The Balaban J connectivity index is 1.52. The van der Waals surface area contributed by atoms with Crippen molar-refractivity contribution in [1.29, 1.82) is 0 Å². The van der Waals surface area contributed by atoms with Crippen molar-refractivity contribution in [3.05, 3.63) is 86.0 Å². The predicted molar refractivity (Wildman–Crippen MR) is 119 cm³/mol. The number of amides is 2. The number of hydrogen-bond acceptors (Lipinski definition) is 3. The van der Waals surface area contributed by atoms with Crippen LogP contribution in [0.25, 0.3) is 0 Å². The molecule has 2 heterocycles. The van der Waals surface area contributed by atoms with E-state index in [0.717, 1.165) is 29.0 Å². The number of benzene rings is 2. The number of fused-ring (bicyclic) bond motifs is 3. The highest BCUT2D eigenvalue weighted by molar-refractivity contribution is 7.10. The first-order valence-corrected chi connectivity index (χ1v) is 11.0. The number of hydrazone groups is 1. The molecule has 0 bridgehead atoms. The summed E-state index contributed by atoms with van der Waals surface area (Å²) in [6.45, 7) is 0. The van der Waals surface area contributed by atoms with Crippen LogP contribution in [0.3, 0.4) is 0 Å². The Bertz CT molecular complexity index is 1110. The van der Waals surface area contributed by atoms with Gasteiger partial charge in [-0.15, -0.1) is 11.3 Å². The molecule has 0 saturated heterocycles. The second kappa shape index (κ2) is 7.48. The van der Waals surface area contributed by atoms with E-state index < -0.39 is 0 Å². The second-order valence-electron chi connectivity index (χ2n) is 7.15. The lowest BCUT2D eigenvalue weighted by molar-refractivity contribution is 0.189. The fourth-order valence-corrected chi connectivity index (χ4v) is 5.30. The minimum atomic E-state index is -0.277. The van der Waals surface area contributed by atoms with Crippen LogP contribution in [-0.4, -0.2) is 16.8 Å². The van der Waals surface area contributed by atoms with Crippen LogP contribution in [0.1, 0.15) is 28.5 Å². The van der Waals surface area contributed by atoms with Crippen LogP contribution in [0, 0.1) is 5.92 Å². The van der Waals surface area contributed by atoms with E-state index in [1.807, 2.05) is 17.5 Å². The molecule has 146 valence electrons. The third kappa shape index (κ3) is 3.33. The standard InChI is InChI=1S/C22H17Cl2N3OS/c23-17-10-8-14(12-18(17)24)25-22(28)27-21(19-6-3-11-29-19)16-9-7-13-4-1-2-5-15(13)20(16)26-27/h1-6,8,10-12,16,21H,7,9H2,(H,25,28). The number of anilines is 1. The quantitative estimate of drug-likeness (QED) is 0.477. The Hall–Kier alpha value is -2.34. The van der Waals surface area contributed by atoms with Crippen molar-refractivity contribution < 1.29 is 4.79 Å². The van der Waals surface area contributed by atoms with E-state index in [2.05, 4.69) is 29.6 Å². The van der Waals surface area contributed by atoms with Gasteiger partial charge in [-0.25, -0.2) is 9.80 Å². The topological polar surface area (TPSA) is 44.7 Å². The van der Waals surface area contributed by atoms with Crippen molar-refractivity contribution in [3.63, 3.8) is 0 Å². The molecule has 0 saturated carbocycles. The summed E-state index contributed by atoms with van der Waals surface area (Å²) in [6.07, 6.45) is 1.96. The Kier molecular flexibility index (Phi) is 4.82. The molecule has 1 aromatic heterocycles. The van der Waals surface area contributed by atoms with Gasteiger partial charge in [-0.1, -0.05) is 53.5 Å². The molecule has 1 aliphatic carbocycles. The van der Waals surface area contributed by atoms with Gasteiger partial charge in [0.15, 0.2) is 0 Å². The van der Waals surface area contributed by atoms with Crippen LogP contribution < -0.4 is 5.32 Å². The van der Waals surface area contributed by atoms with Crippen molar-refractivity contribution in [2.45, 2.75) is 18.9 Å². The van der Waals surface area contributed by atoms with Crippen LogP contribution in [0.5, 0.6) is 0 Å². The smallest absolute Gasteiger partial charge is 0.306 e. The summed E-state index contributed by atoms with van der Waals surface area (Å²) in [6, 6.07) is 17.1. The third-order valence-electron chi connectivity index (χ3n) is 5.44. The highest BCUT2D eigenvalue weighted by Gasteiger charge is 2.44. The summed E-state index contributed by atoms with van der Waals surface area (Å²) in [7, 11) is 0. The van der Waals surface area contributed by atoms with Gasteiger partial charge in [0, 0.05) is 22.0 Å². The summed E-state index contributed by atoms with van der Waals surface area (Å²) >= 11 is 13.7. The predicted octanol–water partition coefficient (Wildman–Crippen LogP) is 6.61. The van der Waals surface area contributed by atoms with Crippen molar-refractivity contribution in [1.82, 2.24) is 5.01 Å². The number of carbonyl (C=O) groups is 1. The van der Waals surface area contributed by atoms with E-state index in [0.29, 0.717) is 15.7 Å². The molecule has 0 radical (unpaired) electrons. The summed E-state index contributed by atoms with van der Waals surface area (Å²) in [5, 5.41) is 12.2. The second-order valence-corrected chi connectivity index (χ2v) is 8.95. The number of nitrogens with one attached hydrogen (secondary N) is 1. The summed E-state index contributed by atoms with van der Waals surface area (Å²) in [5.74, 6) is 0.183. The van der Waals surface area contributed by atoms with E-state index in [1.165, 1.54) is 5.56 Å². The number of halogens is 2. The molecule has 2 amide bonds. The lowest BCUT2D eigenvalue weighted by Crippen LogP contribution is -2.34. The molecular weight excluding hydrogens is 425 g/mol. The Morgan fingerprint density at radius 2 is 1.97 bits per heavy atom. The van der Waals surface area contributed by atoms with Gasteiger partial charge in [-0.3, -0.25) is 0 Å². The number of urea groups is 1. The molecule has 2 aliphatic rings. The van der Waals surface area contributed by atoms with Gasteiger partial charge in [0.05, 0.1) is 21.8 Å². The molecule has 1 N–H and O–H groups in total. The first-order chi connectivity index (χ1) is 14.1. The van der Waals surface area contributed by atoms with Gasteiger partial charge in [-0.2, -0.15) is 5.10 Å². The zero-order valence-corrected chi connectivity index (χ0v) is 17.6. The maximum atomic E-state index is 13.2. The Labute approximate surface area is 182 Å². The SMILES string of the molecule is O=C(Nc1ccc(Cl)c(Cl)c1)N1N=C2c3ccccc3CCC2C1c1cccs1. The van der Waals surface area contributed by atoms with Gasteiger partial charge in [-0.05, 0) is 48.1 Å². The largest absolute Gasteiger partial charge is 0.342 e. The van der Waals surface area contributed by atoms with Gasteiger partial charge < -0.3 is 5.32 Å². The number of nitrogens with zero attached hydrogens (tertiary/aromatic N) is 2. The zero-order valence-electron chi connectivity index (χ0n) is 15.3. The molecule has 2 unspecified atom stereocenters. The van der Waals surface area contributed by atoms with Gasteiger partial charge in [0.2, 0.25) is 0 Å². The molecule has 1 aliphatic heterocycles. The van der Waals surface area contributed by atoms with E-state index in [1.54, 1.807) is 34.5 Å². The molecule has 3 aromatic rings. The summed E-state index contributed by atoms with van der Waals surface area (Å²) in [4.78, 5) is 14.3. The van der Waals surface area contributed by atoms with Crippen LogP contribution >= 0.6 is 34.5 Å². The van der Waals surface area contributed by atoms with Crippen molar-refractivity contribution in [3.8, 4) is 0 Å². The number of rotatable bonds is 2. The molecule has 5 rings (SSSR count). The van der Waals surface area contributed by atoms with E-state index in [4.69, 9.17) is 28.3 Å². The lowest BCUT2D eigenvalue weighted by atomic mass is 9.79. The monoisotopic (exact) mass is 441 g/mol. The van der Waals surface area contributed by atoms with Gasteiger partial charge in [0.25, 0.3) is 0 Å². The molecule has 7 heteroatoms. The maximum absolute atomic E-state index is 13.2. The zero-order chi connectivity index (χ0) is 20.0. The van der Waals surface area contributed by atoms with E-state index in [9.17, 15) is 4.79 Å². The Morgan fingerprint density at radius 3 is 2.76 bits per heavy atom. The molecular formula is C22H17Cl2N3OS. The fraction of sp³-hybridized carbons (Fsp3) is 0.182. The minimum absolute atomic E-state index is 0.110. The lowest BCUT2D eigenvalue weighted by Gasteiger charge is -2.28. The minimum Gasteiger partial charge on any atom is -0.306 e. The van der Waals surface area contributed by atoms with E-state index in [-0.39, 0.29) is 18.0 Å². The number of aryl methyl sites for hydroxylation is 1. The van der Waals surface area contributed by atoms with Crippen LogP contribution in [0.4, 0.5) is 10.5 Å². The molecule has 4 nitrogen and oxygen atoms in total. The molecule has 2 aromatic carbocycles. The molecule has 29 heavy (non-hydrogen) atoms. The highest BCUT2D eigenvalue weighted by atomic mass is 35.5. The maximum Gasteiger partial charge on any atom is 0.342 e. The average Bonchev–Trinajstić information content (AvgIpc) is 3.38. The first-order valence-electron chi connectivity index (χ1n) is 9.37. The third-order valence-corrected chi connectivity index (χ3v) is 7.12.